The minimum Gasteiger partial charge on any atom is -0.205 e. The van der Waals surface area contributed by atoms with Crippen LogP contribution in [0.25, 0.3) is 0 Å². The number of rotatable bonds is 2. The lowest BCUT2D eigenvalue weighted by atomic mass is 9.91. The second kappa shape index (κ2) is 4.93. The molecule has 0 nitrogen and oxygen atoms in total. The lowest BCUT2D eigenvalue weighted by Crippen LogP contribution is -2.13. The quantitative estimate of drug-likeness (QED) is 0.678. The lowest BCUT2D eigenvalue weighted by molar-refractivity contribution is 0.419. The molecule has 16 heavy (non-hydrogen) atoms. The second-order valence-corrected chi connectivity index (χ2v) is 5.63. The van der Waals surface area contributed by atoms with Crippen molar-refractivity contribution in [2.45, 2.75) is 31.6 Å². The Balaban J connectivity index is 2.07. The zero-order valence-electron chi connectivity index (χ0n) is 9.22. The Bertz CT molecular complexity index is 378. The van der Waals surface area contributed by atoms with Gasteiger partial charge < -0.3 is 0 Å². The Morgan fingerprint density at radius 2 is 2.12 bits per heavy atom. The molecule has 1 aromatic rings. The highest BCUT2D eigenvalue weighted by atomic mass is 35.5. The molecule has 1 aliphatic rings. The predicted molar refractivity (Wildman–Crippen MR) is 66.6 cm³/mol. The summed E-state index contributed by atoms with van der Waals surface area (Å²) in [6, 6.07) is 4.98. The Morgan fingerprint density at radius 3 is 2.69 bits per heavy atom. The molecule has 3 atom stereocenters. The Morgan fingerprint density at radius 1 is 1.38 bits per heavy atom. The van der Waals surface area contributed by atoms with Crippen molar-refractivity contribution in [3.63, 3.8) is 0 Å². The van der Waals surface area contributed by atoms with E-state index in [4.69, 9.17) is 23.2 Å². The first-order valence-electron chi connectivity index (χ1n) is 5.66. The van der Waals surface area contributed by atoms with E-state index in [1.807, 2.05) is 6.07 Å². The summed E-state index contributed by atoms with van der Waals surface area (Å²) in [4.78, 5) is 0. The van der Waals surface area contributed by atoms with E-state index in [9.17, 15) is 4.39 Å². The topological polar surface area (TPSA) is 0 Å². The second-order valence-electron chi connectivity index (χ2n) is 4.67. The van der Waals surface area contributed by atoms with Gasteiger partial charge in [-0.3, -0.25) is 0 Å². The summed E-state index contributed by atoms with van der Waals surface area (Å²) >= 11 is 12.0. The molecule has 1 fully saturated rings. The van der Waals surface area contributed by atoms with Crippen molar-refractivity contribution in [3.8, 4) is 0 Å². The SMILES string of the molecule is CC1C(Cl)CCC1Cc1ccc(F)c(Cl)c1. The van der Waals surface area contributed by atoms with E-state index >= 15 is 0 Å². The first-order chi connectivity index (χ1) is 7.58. The minimum absolute atomic E-state index is 0.213. The molecular formula is C13H15Cl2F. The van der Waals surface area contributed by atoms with Gasteiger partial charge in [-0.05, 0) is 48.8 Å². The predicted octanol–water partition coefficient (Wildman–Crippen LogP) is 4.68. The fraction of sp³-hybridized carbons (Fsp3) is 0.538. The molecule has 0 amide bonds. The van der Waals surface area contributed by atoms with Gasteiger partial charge in [0.05, 0.1) is 5.02 Å². The van der Waals surface area contributed by atoms with Gasteiger partial charge in [-0.2, -0.15) is 0 Å². The molecule has 3 unspecified atom stereocenters. The smallest absolute Gasteiger partial charge is 0.141 e. The Kier molecular flexibility index (Phi) is 3.76. The molecule has 0 aliphatic heterocycles. The monoisotopic (exact) mass is 260 g/mol. The van der Waals surface area contributed by atoms with Crippen LogP contribution >= 0.6 is 23.2 Å². The molecule has 0 bridgehead atoms. The van der Waals surface area contributed by atoms with Crippen LogP contribution in [0.2, 0.25) is 5.02 Å². The van der Waals surface area contributed by atoms with Crippen LogP contribution < -0.4 is 0 Å². The van der Waals surface area contributed by atoms with Crippen molar-refractivity contribution in [1.82, 2.24) is 0 Å². The Labute approximate surface area is 106 Å². The number of halogens is 3. The van der Waals surface area contributed by atoms with Gasteiger partial charge in [-0.25, -0.2) is 4.39 Å². The van der Waals surface area contributed by atoms with Crippen LogP contribution in [0.3, 0.4) is 0 Å². The molecule has 0 radical (unpaired) electrons. The van der Waals surface area contributed by atoms with Crippen LogP contribution in [-0.2, 0) is 6.42 Å². The summed E-state index contributed by atoms with van der Waals surface area (Å²) in [7, 11) is 0. The molecule has 2 rings (SSSR count). The standard InChI is InChI=1S/C13H15Cl2F/c1-8-10(3-4-11(8)14)6-9-2-5-13(16)12(15)7-9/h2,5,7-8,10-11H,3-4,6H2,1H3. The van der Waals surface area contributed by atoms with Crippen molar-refractivity contribution in [3.05, 3.63) is 34.6 Å². The highest BCUT2D eigenvalue weighted by molar-refractivity contribution is 6.30. The summed E-state index contributed by atoms with van der Waals surface area (Å²) in [6.07, 6.45) is 3.19. The highest BCUT2D eigenvalue weighted by Crippen LogP contribution is 2.37. The van der Waals surface area contributed by atoms with E-state index in [1.54, 1.807) is 6.07 Å². The normalized spacial score (nSPS) is 29.6. The van der Waals surface area contributed by atoms with E-state index in [-0.39, 0.29) is 10.8 Å². The van der Waals surface area contributed by atoms with Gasteiger partial charge in [-0.15, -0.1) is 11.6 Å². The van der Waals surface area contributed by atoms with Crippen molar-refractivity contribution >= 4 is 23.2 Å². The van der Waals surface area contributed by atoms with Gasteiger partial charge in [0, 0.05) is 5.38 Å². The average Bonchev–Trinajstić information content (AvgIpc) is 2.55. The number of hydrogen-bond acceptors (Lipinski definition) is 0. The van der Waals surface area contributed by atoms with E-state index in [0.29, 0.717) is 17.2 Å². The van der Waals surface area contributed by atoms with Crippen molar-refractivity contribution in [2.24, 2.45) is 11.8 Å². The van der Waals surface area contributed by atoms with Crippen LogP contribution in [0.1, 0.15) is 25.3 Å². The molecule has 1 saturated carbocycles. The molecule has 0 spiro atoms. The van der Waals surface area contributed by atoms with E-state index in [0.717, 1.165) is 24.8 Å². The van der Waals surface area contributed by atoms with Crippen LogP contribution in [0.5, 0.6) is 0 Å². The van der Waals surface area contributed by atoms with Crippen LogP contribution in [0.4, 0.5) is 4.39 Å². The molecule has 88 valence electrons. The maximum absolute atomic E-state index is 13.0. The maximum Gasteiger partial charge on any atom is 0.141 e. The van der Waals surface area contributed by atoms with Crippen molar-refractivity contribution in [2.75, 3.05) is 0 Å². The summed E-state index contributed by atoms with van der Waals surface area (Å²) < 4.78 is 13.0. The zero-order chi connectivity index (χ0) is 11.7. The van der Waals surface area contributed by atoms with Crippen LogP contribution in [0, 0.1) is 17.7 Å². The van der Waals surface area contributed by atoms with Crippen molar-refractivity contribution < 1.29 is 4.39 Å². The van der Waals surface area contributed by atoms with Gasteiger partial charge in [0.25, 0.3) is 0 Å². The summed E-state index contributed by atoms with van der Waals surface area (Å²) in [6.45, 7) is 2.19. The third-order valence-electron chi connectivity index (χ3n) is 3.61. The largest absolute Gasteiger partial charge is 0.205 e. The fourth-order valence-corrected chi connectivity index (χ4v) is 2.99. The summed E-state index contributed by atoms with van der Waals surface area (Å²) in [5.41, 5.74) is 1.11. The fourth-order valence-electron chi connectivity index (χ4n) is 2.45. The van der Waals surface area contributed by atoms with E-state index in [1.165, 1.54) is 6.07 Å². The van der Waals surface area contributed by atoms with Crippen LogP contribution in [0.15, 0.2) is 18.2 Å². The summed E-state index contributed by atoms with van der Waals surface area (Å²) in [5, 5.41) is 0.506. The zero-order valence-corrected chi connectivity index (χ0v) is 10.7. The van der Waals surface area contributed by atoms with Crippen LogP contribution in [-0.4, -0.2) is 5.38 Å². The molecular weight excluding hydrogens is 246 g/mol. The maximum atomic E-state index is 13.0. The Hall–Kier alpha value is -0.270. The lowest BCUT2D eigenvalue weighted by Gasteiger charge is -2.17. The first kappa shape index (κ1) is 12.2. The highest BCUT2D eigenvalue weighted by Gasteiger charge is 2.31. The molecule has 0 saturated heterocycles. The van der Waals surface area contributed by atoms with Gasteiger partial charge in [0.1, 0.15) is 5.82 Å². The van der Waals surface area contributed by atoms with E-state index in [2.05, 4.69) is 6.92 Å². The molecule has 1 aromatic carbocycles. The van der Waals surface area contributed by atoms with Crippen molar-refractivity contribution in [1.29, 1.82) is 0 Å². The third-order valence-corrected chi connectivity index (χ3v) is 4.51. The van der Waals surface area contributed by atoms with Gasteiger partial charge >= 0.3 is 0 Å². The molecule has 0 heterocycles. The molecule has 0 aromatic heterocycles. The number of benzene rings is 1. The molecule has 0 N–H and O–H groups in total. The van der Waals surface area contributed by atoms with Gasteiger partial charge in [0.2, 0.25) is 0 Å². The minimum atomic E-state index is -0.347. The number of alkyl halides is 1. The van der Waals surface area contributed by atoms with Gasteiger partial charge in [0.15, 0.2) is 0 Å². The molecule has 1 aliphatic carbocycles. The van der Waals surface area contributed by atoms with E-state index < -0.39 is 0 Å². The summed E-state index contributed by atoms with van der Waals surface area (Å²) in [5.74, 6) is 0.787. The number of hydrogen-bond donors (Lipinski definition) is 0. The van der Waals surface area contributed by atoms with Gasteiger partial charge in [-0.1, -0.05) is 24.6 Å². The molecule has 3 heteroatoms. The third kappa shape index (κ3) is 2.52. The average molecular weight is 261 g/mol. The first-order valence-corrected chi connectivity index (χ1v) is 6.47.